The molecule has 0 atom stereocenters. The van der Waals surface area contributed by atoms with Crippen molar-refractivity contribution in [1.82, 2.24) is 10.3 Å². The van der Waals surface area contributed by atoms with Crippen LogP contribution in [0.5, 0.6) is 0 Å². The van der Waals surface area contributed by atoms with Crippen molar-refractivity contribution in [2.75, 3.05) is 5.32 Å². The number of nitrogens with zero attached hydrogens (tertiary/aromatic N) is 1. The smallest absolute Gasteiger partial charge is 0.267 e. The second-order valence-electron chi connectivity index (χ2n) is 5.45. The third kappa shape index (κ3) is 3.50. The quantitative estimate of drug-likeness (QED) is 0.471. The van der Waals surface area contributed by atoms with Crippen molar-refractivity contribution in [3.63, 3.8) is 0 Å². The Morgan fingerprint density at radius 3 is 2.69 bits per heavy atom. The number of aromatic nitrogens is 1. The number of hydrogen-bond acceptors (Lipinski definition) is 5. The number of thiazole rings is 1. The minimum atomic E-state index is -0.219. The molecule has 2 aromatic heterocycles. The number of benzene rings is 2. The fourth-order valence-electron chi connectivity index (χ4n) is 2.60. The summed E-state index contributed by atoms with van der Waals surface area (Å²) in [4.78, 5) is 17.3. The molecule has 0 bridgehead atoms. The van der Waals surface area contributed by atoms with E-state index >= 15 is 0 Å². The Hall–Kier alpha value is -2.61. The van der Waals surface area contributed by atoms with Gasteiger partial charge in [0.05, 0.1) is 10.6 Å². The van der Waals surface area contributed by atoms with Gasteiger partial charge < -0.3 is 5.32 Å². The predicted molar refractivity (Wildman–Crippen MR) is 113 cm³/mol. The molecular weight excluding hydrogens is 382 g/mol. The van der Waals surface area contributed by atoms with Crippen LogP contribution in [-0.2, 0) is 0 Å². The van der Waals surface area contributed by atoms with Crippen LogP contribution in [0.1, 0.15) is 9.67 Å². The highest BCUT2D eigenvalue weighted by Crippen LogP contribution is 2.30. The summed E-state index contributed by atoms with van der Waals surface area (Å²) < 4.78 is 0. The van der Waals surface area contributed by atoms with E-state index < -0.39 is 0 Å². The van der Waals surface area contributed by atoms with Crippen molar-refractivity contribution >= 4 is 61.8 Å². The van der Waals surface area contributed by atoms with Crippen molar-refractivity contribution in [3.8, 4) is 11.3 Å². The van der Waals surface area contributed by atoms with E-state index in [1.54, 1.807) is 6.07 Å². The number of rotatable bonds is 3. The monoisotopic (exact) mass is 395 g/mol. The van der Waals surface area contributed by atoms with E-state index in [9.17, 15) is 4.79 Å². The summed E-state index contributed by atoms with van der Waals surface area (Å²) in [5.74, 6) is -0.219. The fourth-order valence-corrected chi connectivity index (χ4v) is 4.19. The molecule has 0 unspecified atom stereocenters. The number of amides is 1. The molecule has 4 aromatic rings. The van der Waals surface area contributed by atoms with Crippen LogP contribution in [0.4, 0.5) is 5.13 Å². The molecule has 4 rings (SSSR count). The molecule has 0 aliphatic heterocycles. The third-order valence-electron chi connectivity index (χ3n) is 3.76. The predicted octanol–water partition coefficient (Wildman–Crippen LogP) is 5.15. The molecule has 0 aliphatic rings. The first kappa shape index (κ1) is 16.8. The molecule has 128 valence electrons. The van der Waals surface area contributed by atoms with Gasteiger partial charge in [0.1, 0.15) is 0 Å². The standard InChI is InChI=1S/C19H13N3OS3/c23-17(16-9-4-10-25-16)21-18(24)22-19-20-15(11-26-19)14-8-3-6-12-5-1-2-7-13(12)14/h1-11H,(H2,20,21,22,23,24). The molecule has 2 heterocycles. The number of carbonyl (C=O) groups excluding carboxylic acids is 1. The maximum absolute atomic E-state index is 12.0. The summed E-state index contributed by atoms with van der Waals surface area (Å²) in [6.45, 7) is 0. The molecule has 4 nitrogen and oxygen atoms in total. The molecule has 2 N–H and O–H groups in total. The molecule has 0 radical (unpaired) electrons. The zero-order chi connectivity index (χ0) is 17.9. The van der Waals surface area contributed by atoms with E-state index in [1.165, 1.54) is 28.1 Å². The number of anilines is 1. The van der Waals surface area contributed by atoms with Gasteiger partial charge in [-0.3, -0.25) is 10.1 Å². The third-order valence-corrected chi connectivity index (χ3v) is 5.59. The molecule has 1 amide bonds. The summed E-state index contributed by atoms with van der Waals surface area (Å²) in [5.41, 5.74) is 1.95. The first-order chi connectivity index (χ1) is 12.7. The van der Waals surface area contributed by atoms with Crippen LogP contribution in [-0.4, -0.2) is 16.0 Å². The van der Waals surface area contributed by atoms with Gasteiger partial charge in [-0.05, 0) is 34.4 Å². The maximum atomic E-state index is 12.0. The van der Waals surface area contributed by atoms with Gasteiger partial charge in [0, 0.05) is 10.9 Å². The number of carbonyl (C=O) groups is 1. The highest BCUT2D eigenvalue weighted by atomic mass is 32.1. The van der Waals surface area contributed by atoms with Crippen LogP contribution in [0.2, 0.25) is 0 Å². The average Bonchev–Trinajstić information content (AvgIpc) is 3.33. The van der Waals surface area contributed by atoms with Gasteiger partial charge in [-0.2, -0.15) is 0 Å². The summed E-state index contributed by atoms with van der Waals surface area (Å²) in [7, 11) is 0. The van der Waals surface area contributed by atoms with Crippen LogP contribution >= 0.6 is 34.9 Å². The molecule has 7 heteroatoms. The summed E-state index contributed by atoms with van der Waals surface area (Å²) in [5, 5.41) is 12.7. The van der Waals surface area contributed by atoms with Crippen molar-refractivity contribution in [1.29, 1.82) is 0 Å². The first-order valence-corrected chi connectivity index (χ1v) is 9.97. The van der Waals surface area contributed by atoms with Crippen LogP contribution in [0, 0.1) is 0 Å². The highest BCUT2D eigenvalue weighted by molar-refractivity contribution is 7.80. The molecule has 0 spiro atoms. The molecule has 0 saturated heterocycles. The zero-order valence-electron chi connectivity index (χ0n) is 13.4. The summed E-state index contributed by atoms with van der Waals surface area (Å²) >= 11 is 8.03. The lowest BCUT2D eigenvalue weighted by Gasteiger charge is -2.06. The molecule has 26 heavy (non-hydrogen) atoms. The first-order valence-electron chi connectivity index (χ1n) is 7.80. The fraction of sp³-hybridized carbons (Fsp3) is 0. The largest absolute Gasteiger partial charge is 0.308 e. The van der Waals surface area contributed by atoms with Gasteiger partial charge in [0.2, 0.25) is 0 Å². The van der Waals surface area contributed by atoms with Crippen molar-refractivity contribution in [3.05, 3.63) is 70.2 Å². The van der Waals surface area contributed by atoms with Crippen molar-refractivity contribution in [2.45, 2.75) is 0 Å². The SMILES string of the molecule is O=C(NC(=S)Nc1nc(-c2cccc3ccccc23)cs1)c1cccs1. The lowest BCUT2D eigenvalue weighted by atomic mass is 10.0. The number of fused-ring (bicyclic) bond motifs is 1. The van der Waals surface area contributed by atoms with Crippen molar-refractivity contribution in [2.24, 2.45) is 0 Å². The van der Waals surface area contributed by atoms with Crippen LogP contribution in [0.3, 0.4) is 0 Å². The number of thiophene rings is 1. The van der Waals surface area contributed by atoms with Gasteiger partial charge in [0.15, 0.2) is 10.2 Å². The topological polar surface area (TPSA) is 54.0 Å². The van der Waals surface area contributed by atoms with E-state index in [-0.39, 0.29) is 11.0 Å². The minimum absolute atomic E-state index is 0.219. The normalized spacial score (nSPS) is 10.6. The van der Waals surface area contributed by atoms with Crippen molar-refractivity contribution < 1.29 is 4.79 Å². The maximum Gasteiger partial charge on any atom is 0.267 e. The van der Waals surface area contributed by atoms with E-state index in [1.807, 2.05) is 35.0 Å². The summed E-state index contributed by atoms with van der Waals surface area (Å²) in [6.07, 6.45) is 0. The van der Waals surface area contributed by atoms with E-state index in [0.717, 1.165) is 16.6 Å². The lowest BCUT2D eigenvalue weighted by molar-refractivity contribution is 0.0981. The Morgan fingerprint density at radius 1 is 1.00 bits per heavy atom. The molecule has 0 saturated carbocycles. The number of nitrogens with one attached hydrogen (secondary N) is 2. The van der Waals surface area contributed by atoms with E-state index in [4.69, 9.17) is 12.2 Å². The van der Waals surface area contributed by atoms with Crippen LogP contribution < -0.4 is 10.6 Å². The second kappa shape index (κ2) is 7.33. The summed E-state index contributed by atoms with van der Waals surface area (Å²) in [6, 6.07) is 18.0. The number of thiocarbonyl (C=S) groups is 1. The molecule has 0 fully saturated rings. The minimum Gasteiger partial charge on any atom is -0.308 e. The van der Waals surface area contributed by atoms with Gasteiger partial charge in [-0.1, -0.05) is 48.5 Å². The highest BCUT2D eigenvalue weighted by Gasteiger charge is 2.11. The Balaban J connectivity index is 1.51. The van der Waals surface area contributed by atoms with Crippen LogP contribution in [0.25, 0.3) is 22.0 Å². The number of hydrogen-bond donors (Lipinski definition) is 2. The zero-order valence-corrected chi connectivity index (χ0v) is 15.9. The van der Waals surface area contributed by atoms with Gasteiger partial charge in [0.25, 0.3) is 5.91 Å². The Bertz CT molecular complexity index is 1080. The van der Waals surface area contributed by atoms with Gasteiger partial charge in [-0.25, -0.2) is 4.98 Å². The molecular formula is C19H13N3OS3. The Kier molecular flexibility index (Phi) is 4.75. The van der Waals surface area contributed by atoms with Gasteiger partial charge >= 0.3 is 0 Å². The molecule has 0 aliphatic carbocycles. The molecule has 2 aromatic carbocycles. The average molecular weight is 396 g/mol. The Morgan fingerprint density at radius 2 is 1.85 bits per heavy atom. The second-order valence-corrected chi connectivity index (χ2v) is 7.66. The lowest BCUT2D eigenvalue weighted by Crippen LogP contribution is -2.33. The van der Waals surface area contributed by atoms with Gasteiger partial charge in [-0.15, -0.1) is 22.7 Å². The van der Waals surface area contributed by atoms with E-state index in [2.05, 4.69) is 39.9 Å². The van der Waals surface area contributed by atoms with E-state index in [0.29, 0.717) is 10.0 Å². The Labute approximate surface area is 163 Å². The van der Waals surface area contributed by atoms with Crippen LogP contribution in [0.15, 0.2) is 65.4 Å².